The summed E-state index contributed by atoms with van der Waals surface area (Å²) in [6, 6.07) is -0.812. The molecular formula is C62H107NO8. The zero-order valence-electron chi connectivity index (χ0n) is 45.2. The van der Waals surface area contributed by atoms with Gasteiger partial charge in [-0.15, -0.1) is 0 Å². The van der Waals surface area contributed by atoms with Gasteiger partial charge in [0.1, 0.15) is 24.4 Å². The third kappa shape index (κ3) is 40.2. The topological polar surface area (TPSA) is 149 Å². The van der Waals surface area contributed by atoms with Crippen LogP contribution in [0.1, 0.15) is 232 Å². The summed E-state index contributed by atoms with van der Waals surface area (Å²) in [5, 5.41) is 54.5. The number of allylic oxidation sites excluding steroid dienone is 15. The molecule has 0 spiro atoms. The van der Waals surface area contributed by atoms with Crippen LogP contribution in [-0.2, 0) is 14.3 Å². The van der Waals surface area contributed by atoms with E-state index in [-0.39, 0.29) is 12.5 Å². The van der Waals surface area contributed by atoms with Gasteiger partial charge in [0, 0.05) is 6.42 Å². The van der Waals surface area contributed by atoms with Gasteiger partial charge in [-0.1, -0.05) is 246 Å². The average Bonchev–Trinajstić information content (AvgIpc) is 3.37. The summed E-state index contributed by atoms with van der Waals surface area (Å²) in [6.45, 7) is 3.66. The van der Waals surface area contributed by atoms with Crippen molar-refractivity contribution in [2.45, 2.75) is 275 Å². The summed E-state index contributed by atoms with van der Waals surface area (Å²) in [6.07, 6.45) is 66.1. The molecule has 1 rings (SSSR count). The van der Waals surface area contributed by atoms with Gasteiger partial charge in [0.15, 0.2) is 6.29 Å². The highest BCUT2D eigenvalue weighted by atomic mass is 16.7. The van der Waals surface area contributed by atoms with E-state index in [1.165, 1.54) is 122 Å². The Hall–Kier alpha value is -2.89. The largest absolute Gasteiger partial charge is 0.394 e. The number of unbranched alkanes of at least 4 members (excludes halogenated alkanes) is 24. The fourth-order valence-corrected chi connectivity index (χ4v) is 8.61. The molecule has 1 amide bonds. The Morgan fingerprint density at radius 2 is 0.873 bits per heavy atom. The molecule has 0 aromatic carbocycles. The Bertz CT molecular complexity index is 1430. The number of nitrogens with one attached hydrogen (secondary N) is 1. The van der Waals surface area contributed by atoms with Crippen LogP contribution >= 0.6 is 0 Å². The van der Waals surface area contributed by atoms with Crippen molar-refractivity contribution in [2.75, 3.05) is 13.2 Å². The number of carbonyl (C=O) groups excluding carboxylic acids is 1. The molecule has 0 aliphatic carbocycles. The molecule has 0 aromatic heterocycles. The second-order valence-electron chi connectivity index (χ2n) is 19.7. The molecule has 7 unspecified atom stereocenters. The first kappa shape index (κ1) is 66.1. The monoisotopic (exact) mass is 994 g/mol. The van der Waals surface area contributed by atoms with E-state index in [2.05, 4.69) is 104 Å². The Morgan fingerprint density at radius 1 is 0.493 bits per heavy atom. The van der Waals surface area contributed by atoms with E-state index in [1.807, 2.05) is 6.08 Å². The third-order valence-electron chi connectivity index (χ3n) is 13.2. The van der Waals surface area contributed by atoms with Crippen LogP contribution in [-0.4, -0.2) is 87.5 Å². The van der Waals surface area contributed by atoms with Crippen LogP contribution in [0.2, 0.25) is 0 Å². The number of amides is 1. The lowest BCUT2D eigenvalue weighted by atomic mass is 9.99. The number of aliphatic hydroxyl groups is 5. The Labute approximate surface area is 434 Å². The molecule has 0 bridgehead atoms. The molecule has 1 aliphatic rings. The van der Waals surface area contributed by atoms with Gasteiger partial charge in [-0.2, -0.15) is 0 Å². The van der Waals surface area contributed by atoms with Crippen LogP contribution in [0.4, 0.5) is 0 Å². The second kappa shape index (κ2) is 50.6. The van der Waals surface area contributed by atoms with Crippen LogP contribution in [0.15, 0.2) is 97.2 Å². The Morgan fingerprint density at radius 3 is 1.30 bits per heavy atom. The molecule has 1 fully saturated rings. The van der Waals surface area contributed by atoms with Gasteiger partial charge in [0.2, 0.25) is 5.91 Å². The average molecular weight is 995 g/mol. The first-order chi connectivity index (χ1) is 34.8. The van der Waals surface area contributed by atoms with E-state index in [9.17, 15) is 30.3 Å². The molecule has 6 N–H and O–H groups in total. The Kier molecular flexibility index (Phi) is 47.2. The number of rotatable bonds is 48. The number of hydrogen-bond donors (Lipinski definition) is 6. The maximum atomic E-state index is 13.0. The SMILES string of the molecule is CC/C=C\C/C=C\C/C=C\C/C=C\C/C=C\C/C=C\C/C=C\CCCCCCCCCCCCCC(=O)NC(COC1OC(CO)C(O)C(O)C1O)C(O)/C=C/CCCCCCCCCCCCCCC. The first-order valence-electron chi connectivity index (χ1n) is 29.0. The molecule has 1 heterocycles. The van der Waals surface area contributed by atoms with Gasteiger partial charge in [0.25, 0.3) is 0 Å². The van der Waals surface area contributed by atoms with Crippen molar-refractivity contribution in [3.8, 4) is 0 Å². The van der Waals surface area contributed by atoms with Crippen molar-refractivity contribution >= 4 is 5.91 Å². The van der Waals surface area contributed by atoms with Crippen LogP contribution in [0, 0.1) is 0 Å². The molecule has 0 saturated carbocycles. The molecular weight excluding hydrogens is 887 g/mol. The van der Waals surface area contributed by atoms with Crippen LogP contribution < -0.4 is 5.32 Å². The third-order valence-corrected chi connectivity index (χ3v) is 13.2. The number of hydrogen-bond acceptors (Lipinski definition) is 8. The van der Waals surface area contributed by atoms with Crippen molar-refractivity contribution in [2.24, 2.45) is 0 Å². The minimum atomic E-state index is -1.57. The number of carbonyl (C=O) groups is 1. The van der Waals surface area contributed by atoms with Gasteiger partial charge in [-0.25, -0.2) is 0 Å². The highest BCUT2D eigenvalue weighted by Gasteiger charge is 2.44. The van der Waals surface area contributed by atoms with Gasteiger partial charge in [-0.3, -0.25) is 4.79 Å². The maximum absolute atomic E-state index is 13.0. The quantitative estimate of drug-likeness (QED) is 0.0261. The number of ether oxygens (including phenoxy) is 2. The van der Waals surface area contributed by atoms with Crippen molar-refractivity contribution in [1.29, 1.82) is 0 Å². The maximum Gasteiger partial charge on any atom is 0.220 e. The van der Waals surface area contributed by atoms with E-state index >= 15 is 0 Å². The summed E-state index contributed by atoms with van der Waals surface area (Å²) < 4.78 is 11.3. The summed E-state index contributed by atoms with van der Waals surface area (Å²) in [4.78, 5) is 13.0. The van der Waals surface area contributed by atoms with Gasteiger partial charge < -0.3 is 40.3 Å². The smallest absolute Gasteiger partial charge is 0.220 e. The summed E-state index contributed by atoms with van der Waals surface area (Å²) in [5.74, 6) is -0.184. The molecule has 408 valence electrons. The highest BCUT2D eigenvalue weighted by Crippen LogP contribution is 2.23. The Balaban J connectivity index is 2.19. The fourth-order valence-electron chi connectivity index (χ4n) is 8.61. The normalized spacial score (nSPS) is 20.0. The predicted octanol–water partition coefficient (Wildman–Crippen LogP) is 14.4. The standard InChI is InChI=1S/C62H107NO8/c1-3-5-7-9-11-13-15-17-19-20-21-22-23-24-25-26-27-28-29-30-31-32-33-34-35-36-38-40-42-44-46-48-50-52-58(66)63-55(54-70-62-61(69)60(68)59(67)57(53-64)71-62)56(65)51-49-47-45-43-41-39-37-18-16-14-12-10-8-6-4-2/h5,7,11,13,17,19,21-22,24-25,27-28,30-31,49,51,55-57,59-62,64-65,67-69H,3-4,6,8-10,12,14-16,18,20,23,26,29,32-48,50,52-54H2,1-2H3,(H,63,66)/b7-5-,13-11-,19-17-,22-21-,25-24-,28-27-,31-30-,51-49+. The molecule has 7 atom stereocenters. The van der Waals surface area contributed by atoms with Gasteiger partial charge in [0.05, 0.1) is 25.4 Å². The van der Waals surface area contributed by atoms with E-state index in [4.69, 9.17) is 9.47 Å². The van der Waals surface area contributed by atoms with E-state index in [0.29, 0.717) is 6.42 Å². The summed E-state index contributed by atoms with van der Waals surface area (Å²) in [5.41, 5.74) is 0. The van der Waals surface area contributed by atoms with E-state index < -0.39 is 49.5 Å². The summed E-state index contributed by atoms with van der Waals surface area (Å²) >= 11 is 0. The lowest BCUT2D eigenvalue weighted by Crippen LogP contribution is -2.60. The lowest BCUT2D eigenvalue weighted by molar-refractivity contribution is -0.302. The zero-order valence-corrected chi connectivity index (χ0v) is 45.2. The van der Waals surface area contributed by atoms with Crippen LogP contribution in [0.3, 0.4) is 0 Å². The van der Waals surface area contributed by atoms with E-state index in [0.717, 1.165) is 89.9 Å². The summed E-state index contributed by atoms with van der Waals surface area (Å²) in [7, 11) is 0. The highest BCUT2D eigenvalue weighted by molar-refractivity contribution is 5.76. The molecule has 9 heteroatoms. The molecule has 1 saturated heterocycles. The minimum absolute atomic E-state index is 0.184. The van der Waals surface area contributed by atoms with Crippen molar-refractivity contribution < 1.29 is 39.8 Å². The van der Waals surface area contributed by atoms with Gasteiger partial charge >= 0.3 is 0 Å². The number of aliphatic hydroxyl groups excluding tert-OH is 5. The molecule has 0 aromatic rings. The van der Waals surface area contributed by atoms with Gasteiger partial charge in [-0.05, 0) is 77.0 Å². The predicted molar refractivity (Wildman–Crippen MR) is 299 cm³/mol. The second-order valence-corrected chi connectivity index (χ2v) is 19.7. The molecule has 0 radical (unpaired) electrons. The van der Waals surface area contributed by atoms with Crippen LogP contribution in [0.25, 0.3) is 0 Å². The van der Waals surface area contributed by atoms with E-state index in [1.54, 1.807) is 6.08 Å². The fraction of sp³-hybridized carbons (Fsp3) is 0.726. The molecule has 71 heavy (non-hydrogen) atoms. The molecule has 1 aliphatic heterocycles. The van der Waals surface area contributed by atoms with Crippen molar-refractivity contribution in [3.05, 3.63) is 97.2 Å². The van der Waals surface area contributed by atoms with Crippen molar-refractivity contribution in [3.63, 3.8) is 0 Å². The zero-order chi connectivity index (χ0) is 51.5. The van der Waals surface area contributed by atoms with Crippen LogP contribution in [0.5, 0.6) is 0 Å². The minimum Gasteiger partial charge on any atom is -0.394 e. The molecule has 9 nitrogen and oxygen atoms in total. The van der Waals surface area contributed by atoms with Crippen molar-refractivity contribution in [1.82, 2.24) is 5.32 Å². The lowest BCUT2D eigenvalue weighted by Gasteiger charge is -2.40. The first-order valence-corrected chi connectivity index (χ1v) is 29.0.